The number of benzene rings is 1. The monoisotopic (exact) mass is 367 g/mol. The molecule has 3 rings (SSSR count). The van der Waals surface area contributed by atoms with E-state index in [0.717, 1.165) is 5.56 Å². The van der Waals surface area contributed by atoms with Crippen LogP contribution in [0.25, 0.3) is 11.0 Å². The molecule has 0 aliphatic heterocycles. The van der Waals surface area contributed by atoms with Crippen LogP contribution in [0.2, 0.25) is 0 Å². The number of ketones is 1. The molecule has 0 fully saturated rings. The van der Waals surface area contributed by atoms with Crippen molar-refractivity contribution in [2.24, 2.45) is 0 Å². The molecule has 0 amide bonds. The topological polar surface area (TPSA) is 94.3 Å². The first-order valence-electron chi connectivity index (χ1n) is 8.72. The van der Waals surface area contributed by atoms with Crippen molar-refractivity contribution < 1.29 is 14.6 Å². The number of hydrogen-bond acceptors (Lipinski definition) is 6. The minimum atomic E-state index is -0.865. The van der Waals surface area contributed by atoms with E-state index in [-0.39, 0.29) is 24.5 Å². The van der Waals surface area contributed by atoms with Crippen LogP contribution in [0, 0.1) is 0 Å². The zero-order chi connectivity index (χ0) is 19.2. The second-order valence-corrected chi connectivity index (χ2v) is 6.39. The normalized spacial score (nSPS) is 12.1. The third-order valence-corrected chi connectivity index (χ3v) is 4.14. The lowest BCUT2D eigenvalue weighted by molar-refractivity contribution is -0.116. The van der Waals surface area contributed by atoms with Crippen LogP contribution in [-0.2, 0) is 17.8 Å². The fourth-order valence-electron chi connectivity index (χ4n) is 2.67. The lowest BCUT2D eigenvalue weighted by Gasteiger charge is -2.14. The van der Waals surface area contributed by atoms with Gasteiger partial charge in [0.05, 0.1) is 11.9 Å². The Morgan fingerprint density at radius 3 is 2.74 bits per heavy atom. The molecule has 7 heteroatoms. The lowest BCUT2D eigenvalue weighted by Crippen LogP contribution is -2.30. The smallest absolute Gasteiger partial charge is 0.262 e. The van der Waals surface area contributed by atoms with Gasteiger partial charge in [0.25, 0.3) is 5.56 Å². The van der Waals surface area contributed by atoms with Gasteiger partial charge in [0.15, 0.2) is 5.65 Å². The van der Waals surface area contributed by atoms with E-state index in [2.05, 4.69) is 9.97 Å². The molecular formula is C20H21N3O4. The molecule has 0 aliphatic rings. The van der Waals surface area contributed by atoms with E-state index in [0.29, 0.717) is 29.6 Å². The van der Waals surface area contributed by atoms with Crippen LogP contribution in [0.15, 0.2) is 53.7 Å². The molecule has 0 saturated heterocycles. The predicted molar refractivity (Wildman–Crippen MR) is 101 cm³/mol. The average molecular weight is 367 g/mol. The van der Waals surface area contributed by atoms with Gasteiger partial charge in [-0.15, -0.1) is 0 Å². The Bertz CT molecular complexity index is 982. The van der Waals surface area contributed by atoms with Crippen LogP contribution in [0.3, 0.4) is 0 Å². The van der Waals surface area contributed by atoms with E-state index in [1.807, 2.05) is 12.1 Å². The summed E-state index contributed by atoms with van der Waals surface area (Å²) in [5.74, 6) is 0.779. The second kappa shape index (κ2) is 8.55. The van der Waals surface area contributed by atoms with Gasteiger partial charge in [-0.3, -0.25) is 9.36 Å². The number of pyridine rings is 1. The molecule has 1 aromatic carbocycles. The quantitative estimate of drug-likeness (QED) is 0.652. The maximum absolute atomic E-state index is 12.4. The molecule has 0 bridgehead atoms. The van der Waals surface area contributed by atoms with Crippen LogP contribution in [0.1, 0.15) is 18.9 Å². The standard InChI is InChI=1S/C20H21N3O4/c1-14(24)4-5-15-6-8-17(9-7-15)27-12-16(25)11-23-13-22-19-18(20(23)26)3-2-10-21-19/h2-3,6-10,13,16,25H,4-5,11-12H2,1H3/t16-/m1/s1. The predicted octanol–water partition coefficient (Wildman–Crippen LogP) is 1.75. The fourth-order valence-corrected chi connectivity index (χ4v) is 2.67. The number of aromatic nitrogens is 3. The van der Waals surface area contributed by atoms with Crippen molar-refractivity contribution in [3.8, 4) is 5.75 Å². The molecule has 2 heterocycles. The number of fused-ring (bicyclic) bond motifs is 1. The Labute approximate surface area is 156 Å². The summed E-state index contributed by atoms with van der Waals surface area (Å²) < 4.78 is 6.93. The highest BCUT2D eigenvalue weighted by atomic mass is 16.5. The van der Waals surface area contributed by atoms with E-state index in [1.165, 1.54) is 10.9 Å². The molecule has 0 spiro atoms. The van der Waals surface area contributed by atoms with Crippen molar-refractivity contribution in [3.63, 3.8) is 0 Å². The van der Waals surface area contributed by atoms with Gasteiger partial charge in [-0.25, -0.2) is 9.97 Å². The van der Waals surface area contributed by atoms with Crippen molar-refractivity contribution in [2.45, 2.75) is 32.4 Å². The van der Waals surface area contributed by atoms with Gasteiger partial charge < -0.3 is 14.6 Å². The average Bonchev–Trinajstić information content (AvgIpc) is 2.68. The Kier molecular flexibility index (Phi) is 5.93. The van der Waals surface area contributed by atoms with E-state index in [1.54, 1.807) is 37.4 Å². The van der Waals surface area contributed by atoms with E-state index >= 15 is 0 Å². The summed E-state index contributed by atoms with van der Waals surface area (Å²) in [6.07, 6.45) is 3.31. The van der Waals surface area contributed by atoms with Gasteiger partial charge >= 0.3 is 0 Å². The Morgan fingerprint density at radius 1 is 1.22 bits per heavy atom. The minimum absolute atomic E-state index is 0.0459. The molecule has 1 atom stereocenters. The number of nitrogens with zero attached hydrogens (tertiary/aromatic N) is 3. The first-order chi connectivity index (χ1) is 13.0. The lowest BCUT2D eigenvalue weighted by atomic mass is 10.1. The fraction of sp³-hybridized carbons (Fsp3) is 0.300. The number of rotatable bonds is 8. The van der Waals surface area contributed by atoms with E-state index in [9.17, 15) is 14.7 Å². The molecule has 0 unspecified atom stereocenters. The Balaban J connectivity index is 1.57. The minimum Gasteiger partial charge on any atom is -0.491 e. The highest BCUT2D eigenvalue weighted by molar-refractivity contribution is 5.75. The summed E-state index contributed by atoms with van der Waals surface area (Å²) in [5, 5.41) is 10.6. The van der Waals surface area contributed by atoms with Crippen molar-refractivity contribution in [3.05, 3.63) is 64.8 Å². The van der Waals surface area contributed by atoms with Gasteiger partial charge in [0.2, 0.25) is 0 Å². The molecule has 27 heavy (non-hydrogen) atoms. The zero-order valence-corrected chi connectivity index (χ0v) is 15.0. The third kappa shape index (κ3) is 4.98. The van der Waals surface area contributed by atoms with Gasteiger partial charge in [-0.1, -0.05) is 12.1 Å². The van der Waals surface area contributed by atoms with Crippen LogP contribution in [0.4, 0.5) is 0 Å². The van der Waals surface area contributed by atoms with Gasteiger partial charge in [0, 0.05) is 12.6 Å². The number of ether oxygens (including phenoxy) is 1. The molecule has 0 saturated carbocycles. The molecule has 140 valence electrons. The first kappa shape index (κ1) is 18.7. The maximum atomic E-state index is 12.4. The van der Waals surface area contributed by atoms with Gasteiger partial charge in [-0.05, 0) is 43.2 Å². The van der Waals surface area contributed by atoms with E-state index < -0.39 is 6.10 Å². The molecule has 3 aromatic rings. The number of aryl methyl sites for hydroxylation is 1. The SMILES string of the molecule is CC(=O)CCc1ccc(OC[C@H](O)Cn2cnc3ncccc3c2=O)cc1. The summed E-state index contributed by atoms with van der Waals surface area (Å²) in [4.78, 5) is 31.6. The number of carbonyl (C=O) groups excluding carboxylic acids is 1. The second-order valence-electron chi connectivity index (χ2n) is 6.39. The van der Waals surface area contributed by atoms with Crippen molar-refractivity contribution >= 4 is 16.8 Å². The van der Waals surface area contributed by atoms with Gasteiger partial charge in [-0.2, -0.15) is 0 Å². The van der Waals surface area contributed by atoms with Crippen LogP contribution < -0.4 is 10.3 Å². The molecule has 0 radical (unpaired) electrons. The summed E-state index contributed by atoms with van der Waals surface area (Å²) >= 11 is 0. The molecular weight excluding hydrogens is 346 g/mol. The number of carbonyl (C=O) groups is 1. The summed E-state index contributed by atoms with van der Waals surface area (Å²) in [6, 6.07) is 10.7. The number of hydrogen-bond donors (Lipinski definition) is 1. The molecule has 1 N–H and O–H groups in total. The third-order valence-electron chi connectivity index (χ3n) is 4.14. The highest BCUT2D eigenvalue weighted by Crippen LogP contribution is 2.14. The number of aliphatic hydroxyl groups excluding tert-OH is 1. The van der Waals surface area contributed by atoms with Crippen LogP contribution in [-0.4, -0.2) is 38.1 Å². The summed E-state index contributed by atoms with van der Waals surface area (Å²) in [7, 11) is 0. The van der Waals surface area contributed by atoms with E-state index in [4.69, 9.17) is 4.74 Å². The molecule has 7 nitrogen and oxygen atoms in total. The molecule has 0 aliphatic carbocycles. The maximum Gasteiger partial charge on any atom is 0.262 e. The number of aliphatic hydroxyl groups is 1. The molecule has 2 aromatic heterocycles. The highest BCUT2D eigenvalue weighted by Gasteiger charge is 2.10. The largest absolute Gasteiger partial charge is 0.491 e. The van der Waals surface area contributed by atoms with Crippen molar-refractivity contribution in [2.75, 3.05) is 6.61 Å². The van der Waals surface area contributed by atoms with Crippen LogP contribution >= 0.6 is 0 Å². The zero-order valence-electron chi connectivity index (χ0n) is 15.0. The van der Waals surface area contributed by atoms with Crippen molar-refractivity contribution in [1.82, 2.24) is 14.5 Å². The Morgan fingerprint density at radius 2 is 2.00 bits per heavy atom. The van der Waals surface area contributed by atoms with Gasteiger partial charge in [0.1, 0.15) is 30.6 Å². The summed E-state index contributed by atoms with van der Waals surface area (Å²) in [6.45, 7) is 1.70. The van der Waals surface area contributed by atoms with Crippen LogP contribution in [0.5, 0.6) is 5.75 Å². The Hall–Kier alpha value is -3.06. The first-order valence-corrected chi connectivity index (χ1v) is 8.72. The number of Topliss-reactive ketones (excluding diaryl/α,β-unsaturated/α-hetero) is 1. The summed E-state index contributed by atoms with van der Waals surface area (Å²) in [5.41, 5.74) is 1.19. The van der Waals surface area contributed by atoms with Crippen molar-refractivity contribution in [1.29, 1.82) is 0 Å².